The maximum absolute atomic E-state index is 4.10. The van der Waals surface area contributed by atoms with Crippen LogP contribution in [0.3, 0.4) is 0 Å². The van der Waals surface area contributed by atoms with Crippen molar-refractivity contribution in [3.8, 4) is 0 Å². The molecule has 2 rings (SSSR count). The molecule has 2 aliphatic rings. The van der Waals surface area contributed by atoms with Crippen LogP contribution in [0, 0.1) is 22.7 Å². The lowest BCUT2D eigenvalue weighted by Crippen LogP contribution is -2.52. The molecular formula is C19H37N. The van der Waals surface area contributed by atoms with Crippen molar-refractivity contribution in [2.24, 2.45) is 22.7 Å². The van der Waals surface area contributed by atoms with Crippen LogP contribution in [0.4, 0.5) is 0 Å². The third kappa shape index (κ3) is 4.00. The summed E-state index contributed by atoms with van der Waals surface area (Å²) < 4.78 is 0. The predicted molar refractivity (Wildman–Crippen MR) is 88.9 cm³/mol. The summed E-state index contributed by atoms with van der Waals surface area (Å²) in [5, 5.41) is 4.10. The van der Waals surface area contributed by atoms with Crippen molar-refractivity contribution in [1.29, 1.82) is 0 Å². The molecule has 0 radical (unpaired) electrons. The zero-order valence-electron chi connectivity index (χ0n) is 14.8. The van der Waals surface area contributed by atoms with Crippen LogP contribution in [0.5, 0.6) is 0 Å². The molecule has 0 amide bonds. The normalized spacial score (nSPS) is 38.7. The van der Waals surface area contributed by atoms with Gasteiger partial charge in [0.1, 0.15) is 0 Å². The lowest BCUT2D eigenvalue weighted by atomic mass is 9.67. The van der Waals surface area contributed by atoms with E-state index in [0.29, 0.717) is 10.8 Å². The van der Waals surface area contributed by atoms with Gasteiger partial charge in [0.05, 0.1) is 0 Å². The minimum atomic E-state index is 0.454. The average molecular weight is 280 g/mol. The van der Waals surface area contributed by atoms with Gasteiger partial charge in [0.15, 0.2) is 0 Å². The largest absolute Gasteiger partial charge is 0.311 e. The molecule has 0 spiro atoms. The molecule has 4 unspecified atom stereocenters. The van der Waals surface area contributed by atoms with Crippen molar-refractivity contribution in [3.05, 3.63) is 0 Å². The third-order valence-corrected chi connectivity index (χ3v) is 6.00. The first kappa shape index (κ1) is 16.3. The Hall–Kier alpha value is -0.0400. The molecule has 0 heterocycles. The summed E-state index contributed by atoms with van der Waals surface area (Å²) in [5.74, 6) is 1.69. The second-order valence-electron chi connectivity index (χ2n) is 9.52. The van der Waals surface area contributed by atoms with Crippen LogP contribution in [-0.2, 0) is 0 Å². The Morgan fingerprint density at radius 3 is 2.20 bits per heavy atom. The van der Waals surface area contributed by atoms with E-state index in [1.54, 1.807) is 0 Å². The molecule has 0 aromatic heterocycles. The SMILES string of the molecule is CC1CC(C)(C)CCC1NC1CCCCC1C(C)(C)C. The molecule has 0 aromatic carbocycles. The summed E-state index contributed by atoms with van der Waals surface area (Å²) in [6.07, 6.45) is 9.84. The van der Waals surface area contributed by atoms with E-state index >= 15 is 0 Å². The van der Waals surface area contributed by atoms with Gasteiger partial charge in [-0.25, -0.2) is 0 Å². The summed E-state index contributed by atoms with van der Waals surface area (Å²) in [6, 6.07) is 1.52. The first-order valence-corrected chi connectivity index (χ1v) is 8.95. The summed E-state index contributed by atoms with van der Waals surface area (Å²) >= 11 is 0. The van der Waals surface area contributed by atoms with Crippen LogP contribution in [0.25, 0.3) is 0 Å². The van der Waals surface area contributed by atoms with Crippen molar-refractivity contribution in [2.75, 3.05) is 0 Å². The molecule has 20 heavy (non-hydrogen) atoms. The van der Waals surface area contributed by atoms with Crippen LogP contribution in [0.15, 0.2) is 0 Å². The van der Waals surface area contributed by atoms with E-state index in [-0.39, 0.29) is 0 Å². The first-order chi connectivity index (χ1) is 9.19. The van der Waals surface area contributed by atoms with E-state index < -0.39 is 0 Å². The highest BCUT2D eigenvalue weighted by atomic mass is 15.0. The molecule has 2 saturated carbocycles. The smallest absolute Gasteiger partial charge is 0.0103 e. The predicted octanol–water partition coefficient (Wildman–Crippen LogP) is 5.40. The Kier molecular flexibility index (Phi) is 4.89. The molecule has 1 nitrogen and oxygen atoms in total. The molecule has 0 aliphatic heterocycles. The molecule has 0 aromatic rings. The van der Waals surface area contributed by atoms with Crippen LogP contribution in [-0.4, -0.2) is 12.1 Å². The molecule has 118 valence electrons. The van der Waals surface area contributed by atoms with E-state index in [0.717, 1.165) is 23.9 Å². The fourth-order valence-corrected chi connectivity index (χ4v) is 4.84. The second kappa shape index (κ2) is 5.99. The van der Waals surface area contributed by atoms with Gasteiger partial charge in [-0.2, -0.15) is 0 Å². The fraction of sp³-hybridized carbons (Fsp3) is 1.00. The van der Waals surface area contributed by atoms with Gasteiger partial charge in [0, 0.05) is 12.1 Å². The van der Waals surface area contributed by atoms with Crippen molar-refractivity contribution in [3.63, 3.8) is 0 Å². The average Bonchev–Trinajstić information content (AvgIpc) is 2.31. The van der Waals surface area contributed by atoms with Gasteiger partial charge < -0.3 is 5.32 Å². The Morgan fingerprint density at radius 2 is 1.60 bits per heavy atom. The Labute approximate surface area is 127 Å². The van der Waals surface area contributed by atoms with Gasteiger partial charge in [-0.15, -0.1) is 0 Å². The van der Waals surface area contributed by atoms with E-state index in [2.05, 4.69) is 46.9 Å². The molecule has 1 heteroatoms. The third-order valence-electron chi connectivity index (χ3n) is 6.00. The Balaban J connectivity index is 1.97. The lowest BCUT2D eigenvalue weighted by molar-refractivity contribution is 0.0870. The van der Waals surface area contributed by atoms with Crippen molar-refractivity contribution < 1.29 is 0 Å². The monoisotopic (exact) mass is 279 g/mol. The Bertz CT molecular complexity index is 312. The van der Waals surface area contributed by atoms with E-state index in [1.807, 2.05) is 0 Å². The molecular weight excluding hydrogens is 242 g/mol. The fourth-order valence-electron chi connectivity index (χ4n) is 4.84. The first-order valence-electron chi connectivity index (χ1n) is 8.95. The van der Waals surface area contributed by atoms with Crippen molar-refractivity contribution >= 4 is 0 Å². The highest BCUT2D eigenvalue weighted by Gasteiger charge is 2.38. The number of hydrogen-bond acceptors (Lipinski definition) is 1. The zero-order chi connectivity index (χ0) is 15.0. The molecule has 2 aliphatic carbocycles. The standard InChI is InChI=1S/C19H37N/c1-14-13-19(5,6)12-11-16(14)20-17-10-8-7-9-15(17)18(2,3)4/h14-17,20H,7-13H2,1-6H3. The van der Waals surface area contributed by atoms with E-state index in [9.17, 15) is 0 Å². The minimum absolute atomic E-state index is 0.454. The quantitative estimate of drug-likeness (QED) is 0.714. The molecule has 0 bridgehead atoms. The minimum Gasteiger partial charge on any atom is -0.311 e. The summed E-state index contributed by atoms with van der Waals surface area (Å²) in [6.45, 7) is 14.7. The lowest BCUT2D eigenvalue weighted by Gasteiger charge is -2.46. The number of rotatable bonds is 2. The summed E-state index contributed by atoms with van der Waals surface area (Å²) in [7, 11) is 0. The maximum atomic E-state index is 4.10. The van der Waals surface area contributed by atoms with E-state index in [1.165, 1.54) is 44.9 Å². The molecule has 0 saturated heterocycles. The van der Waals surface area contributed by atoms with Crippen LogP contribution >= 0.6 is 0 Å². The van der Waals surface area contributed by atoms with Gasteiger partial charge in [-0.3, -0.25) is 0 Å². The van der Waals surface area contributed by atoms with Gasteiger partial charge in [-0.1, -0.05) is 54.4 Å². The molecule has 4 atom stereocenters. The van der Waals surface area contributed by atoms with Crippen LogP contribution in [0.2, 0.25) is 0 Å². The van der Waals surface area contributed by atoms with Crippen LogP contribution < -0.4 is 5.32 Å². The van der Waals surface area contributed by atoms with Gasteiger partial charge >= 0.3 is 0 Å². The van der Waals surface area contributed by atoms with Crippen molar-refractivity contribution in [2.45, 2.75) is 98.6 Å². The van der Waals surface area contributed by atoms with Crippen LogP contribution in [0.1, 0.15) is 86.5 Å². The van der Waals surface area contributed by atoms with Gasteiger partial charge in [0.25, 0.3) is 0 Å². The maximum Gasteiger partial charge on any atom is 0.0103 e. The summed E-state index contributed by atoms with van der Waals surface area (Å²) in [5.41, 5.74) is 1.02. The molecule has 1 N–H and O–H groups in total. The van der Waals surface area contributed by atoms with Gasteiger partial charge in [-0.05, 0) is 54.8 Å². The summed E-state index contributed by atoms with van der Waals surface area (Å²) in [4.78, 5) is 0. The zero-order valence-corrected chi connectivity index (χ0v) is 14.8. The number of nitrogens with one attached hydrogen (secondary N) is 1. The Morgan fingerprint density at radius 1 is 0.950 bits per heavy atom. The van der Waals surface area contributed by atoms with Crippen molar-refractivity contribution in [1.82, 2.24) is 5.32 Å². The molecule has 2 fully saturated rings. The van der Waals surface area contributed by atoms with Gasteiger partial charge in [0.2, 0.25) is 0 Å². The second-order valence-corrected chi connectivity index (χ2v) is 9.52. The highest BCUT2D eigenvalue weighted by Crippen LogP contribution is 2.41. The topological polar surface area (TPSA) is 12.0 Å². The van der Waals surface area contributed by atoms with E-state index in [4.69, 9.17) is 0 Å². The highest BCUT2D eigenvalue weighted by molar-refractivity contribution is 4.93. The number of hydrogen-bond donors (Lipinski definition) is 1.